The predicted octanol–water partition coefficient (Wildman–Crippen LogP) is 3.80. The zero-order valence-corrected chi connectivity index (χ0v) is 24.4. The lowest BCUT2D eigenvalue weighted by Gasteiger charge is -2.49. The minimum atomic E-state index is -5.02. The first-order chi connectivity index (χ1) is 17.0. The molecule has 0 aliphatic carbocycles. The van der Waals surface area contributed by atoms with E-state index in [-0.39, 0.29) is 25.5 Å². The average molecular weight is 726 g/mol. The number of carbonyl (C=O) groups excluding carboxylic acids is 3. The van der Waals surface area contributed by atoms with Crippen LogP contribution in [0.1, 0.15) is 13.8 Å². The second-order valence-corrected chi connectivity index (χ2v) is 15.7. The highest BCUT2D eigenvalue weighted by Gasteiger charge is 2.48. The first kappa shape index (κ1) is 29.9. The molecule has 2 aliphatic rings. The van der Waals surface area contributed by atoms with Gasteiger partial charge in [-0.25, -0.2) is 14.1 Å². The van der Waals surface area contributed by atoms with Crippen molar-refractivity contribution in [3.8, 4) is 0 Å². The maximum absolute atomic E-state index is 15.8. The Balaban J connectivity index is 1.64. The number of amides is 3. The molecule has 9 nitrogen and oxygen atoms in total. The lowest BCUT2D eigenvalue weighted by molar-refractivity contribution is -0.173. The molecule has 2 aliphatic heterocycles. The Labute approximate surface area is 235 Å². The second-order valence-electron chi connectivity index (χ2n) is 8.74. The van der Waals surface area contributed by atoms with E-state index in [1.807, 2.05) is 4.90 Å². The average Bonchev–Trinajstić information content (AvgIpc) is 3.14. The van der Waals surface area contributed by atoms with Gasteiger partial charge in [-0.3, -0.25) is 14.5 Å². The number of nitrogens with one attached hydrogen (secondary N) is 2. The Morgan fingerprint density at radius 3 is 2.27 bits per heavy atom. The fraction of sp³-hybridized carbons (Fsp3) is 0.571. The molecule has 1 aromatic rings. The number of anilines is 2. The van der Waals surface area contributed by atoms with Crippen molar-refractivity contribution in [3.63, 3.8) is 0 Å². The van der Waals surface area contributed by atoms with E-state index >= 15 is 4.39 Å². The van der Waals surface area contributed by atoms with Crippen LogP contribution in [0.4, 0.5) is 33.7 Å². The molecule has 16 heteroatoms. The van der Waals surface area contributed by atoms with Crippen LogP contribution in [-0.2, 0) is 14.3 Å². The van der Waals surface area contributed by atoms with Gasteiger partial charge in [0.05, 0.1) is 19.6 Å². The van der Waals surface area contributed by atoms with Gasteiger partial charge in [0.1, 0.15) is 12.3 Å². The molecule has 0 aromatic heterocycles. The summed E-state index contributed by atoms with van der Waals surface area (Å²) in [6.45, 7) is 2.93. The lowest BCUT2D eigenvalue weighted by atomic mass is 10.1. The van der Waals surface area contributed by atoms with Crippen LogP contribution in [0.15, 0.2) is 24.3 Å². The van der Waals surface area contributed by atoms with Crippen LogP contribution in [-0.4, -0.2) is 81.9 Å². The number of ether oxygens (including phenoxy) is 1. The Morgan fingerprint density at radius 2 is 1.76 bits per heavy atom. The number of benzene rings is 1. The summed E-state index contributed by atoms with van der Waals surface area (Å²) in [5.74, 6) is -4.27. The molecule has 3 unspecified atom stereocenters. The molecular weight excluding hydrogens is 702 g/mol. The zero-order chi connectivity index (χ0) is 27.8. The number of piperazine rings is 1. The van der Waals surface area contributed by atoms with Gasteiger partial charge in [0.25, 0.3) is 0 Å². The highest BCUT2D eigenvalue weighted by atomic mass is 80.0. The van der Waals surface area contributed by atoms with Gasteiger partial charge in [-0.1, -0.05) is 47.8 Å². The minimum Gasteiger partial charge on any atom is -0.442 e. The van der Waals surface area contributed by atoms with Crippen molar-refractivity contribution in [2.24, 2.45) is 0 Å². The topological polar surface area (TPSA) is 94.2 Å². The van der Waals surface area contributed by atoms with E-state index in [2.05, 4.69) is 53.1 Å². The highest BCUT2D eigenvalue weighted by Crippen LogP contribution is 2.42. The third-order valence-corrected chi connectivity index (χ3v) is 7.10. The van der Waals surface area contributed by atoms with Gasteiger partial charge < -0.3 is 20.3 Å². The van der Waals surface area contributed by atoms with Crippen LogP contribution in [0.2, 0.25) is 0 Å². The number of nitrogens with zero attached hydrogens (tertiary/aromatic N) is 3. The van der Waals surface area contributed by atoms with E-state index < -0.39 is 44.9 Å². The maximum Gasteiger partial charge on any atom is 0.471 e. The van der Waals surface area contributed by atoms with Crippen LogP contribution in [0.5, 0.6) is 0 Å². The van der Waals surface area contributed by atoms with E-state index in [4.69, 9.17) is 4.74 Å². The Bertz CT molecular complexity index is 1020. The van der Waals surface area contributed by atoms with Gasteiger partial charge in [-0.2, -0.15) is 13.2 Å². The zero-order valence-electron chi connectivity index (χ0n) is 19.6. The largest absolute Gasteiger partial charge is 0.471 e. The van der Waals surface area contributed by atoms with Crippen LogP contribution in [0.25, 0.3) is 0 Å². The molecule has 3 amide bonds. The molecule has 0 radical (unpaired) electrons. The van der Waals surface area contributed by atoms with Crippen LogP contribution < -0.4 is 20.4 Å². The van der Waals surface area contributed by atoms with Crippen LogP contribution >= 0.6 is 47.8 Å². The first-order valence-corrected chi connectivity index (χ1v) is 13.3. The van der Waals surface area contributed by atoms with E-state index in [0.29, 0.717) is 17.9 Å². The van der Waals surface area contributed by atoms with Crippen molar-refractivity contribution in [2.45, 2.75) is 40.2 Å². The van der Waals surface area contributed by atoms with Crippen molar-refractivity contribution in [1.29, 1.82) is 0 Å². The highest BCUT2D eigenvalue weighted by molar-refractivity contribution is 9.39. The monoisotopic (exact) mass is 723 g/mol. The molecular formula is C21H24Br3F4N5O4. The first-order valence-electron chi connectivity index (χ1n) is 11.0. The van der Waals surface area contributed by atoms with Crippen LogP contribution in [0.3, 0.4) is 0 Å². The standard InChI is InChI=1S/C21H24Br3F4N5O4/c1-12(34)30-16(20(22,23)24)33-8-7-31(11-19(33,2)25)13-3-5-14(6-4-13)32-10-15(37-18(32)36)9-29-17(35)21(26,27)28/h3-6,15-16H,7-11H2,1-2H3,(H,29,35)(H,30,34). The van der Waals surface area contributed by atoms with Gasteiger partial charge >= 0.3 is 18.2 Å². The van der Waals surface area contributed by atoms with Gasteiger partial charge in [-0.15, -0.1) is 0 Å². The number of carbonyl (C=O) groups is 3. The summed E-state index contributed by atoms with van der Waals surface area (Å²) in [6, 6.07) is 6.63. The summed E-state index contributed by atoms with van der Waals surface area (Å²) in [5, 5.41) is 4.43. The number of hydrogen-bond acceptors (Lipinski definition) is 6. The fourth-order valence-corrected chi connectivity index (χ4v) is 5.20. The Morgan fingerprint density at radius 1 is 1.16 bits per heavy atom. The molecule has 37 heavy (non-hydrogen) atoms. The van der Waals surface area contributed by atoms with Crippen molar-refractivity contribution in [1.82, 2.24) is 15.5 Å². The molecule has 0 bridgehead atoms. The van der Waals surface area contributed by atoms with E-state index in [9.17, 15) is 27.6 Å². The summed E-state index contributed by atoms with van der Waals surface area (Å²) in [6.07, 6.45) is -7.47. The molecule has 2 N–H and O–H groups in total. The van der Waals surface area contributed by atoms with Crippen molar-refractivity contribution in [2.75, 3.05) is 42.5 Å². The van der Waals surface area contributed by atoms with E-state index in [1.165, 1.54) is 23.6 Å². The summed E-state index contributed by atoms with van der Waals surface area (Å²) in [4.78, 5) is 39.5. The summed E-state index contributed by atoms with van der Waals surface area (Å²) in [5.41, 5.74) is 1.13. The number of rotatable bonds is 6. The number of alkyl halides is 7. The summed E-state index contributed by atoms with van der Waals surface area (Å²) in [7, 11) is 0. The van der Waals surface area contributed by atoms with E-state index in [0.717, 1.165) is 0 Å². The van der Waals surface area contributed by atoms with Gasteiger partial charge in [0.15, 0.2) is 7.94 Å². The predicted molar refractivity (Wildman–Crippen MR) is 139 cm³/mol. The number of cyclic esters (lactones) is 1. The SMILES string of the molecule is CC(=O)NC(N1CCN(c2ccc(N3CC(CNC(=O)C(F)(F)F)OC3=O)cc2)CC1(C)F)C(Br)(Br)Br. The minimum absolute atomic E-state index is 0.0156. The molecule has 2 saturated heterocycles. The maximum atomic E-state index is 15.8. The molecule has 1 aromatic carbocycles. The number of hydrogen-bond donors (Lipinski definition) is 2. The van der Waals surface area contributed by atoms with Gasteiger partial charge in [-0.05, 0) is 31.2 Å². The molecule has 3 rings (SSSR count). The third-order valence-electron chi connectivity index (χ3n) is 5.80. The normalized spacial score (nSPS) is 24.0. The summed E-state index contributed by atoms with van der Waals surface area (Å²) >= 11 is 10.1. The lowest BCUT2D eigenvalue weighted by Crippen LogP contribution is -2.67. The van der Waals surface area contributed by atoms with E-state index in [1.54, 1.807) is 29.6 Å². The second kappa shape index (κ2) is 11.2. The Kier molecular flexibility index (Phi) is 9.07. The molecule has 3 atom stereocenters. The molecule has 206 valence electrons. The van der Waals surface area contributed by atoms with Gasteiger partial charge in [0.2, 0.25) is 5.91 Å². The fourth-order valence-electron chi connectivity index (χ4n) is 4.12. The van der Waals surface area contributed by atoms with Crippen molar-refractivity contribution < 1.29 is 36.7 Å². The van der Waals surface area contributed by atoms with Crippen LogP contribution in [0, 0.1) is 0 Å². The molecule has 2 fully saturated rings. The third kappa shape index (κ3) is 7.47. The Hall–Kier alpha value is -1.65. The number of halogens is 7. The van der Waals surface area contributed by atoms with Crippen molar-refractivity contribution >= 4 is 77.1 Å². The molecule has 0 saturated carbocycles. The smallest absolute Gasteiger partial charge is 0.442 e. The molecule has 2 heterocycles. The van der Waals surface area contributed by atoms with Crippen molar-refractivity contribution in [3.05, 3.63) is 24.3 Å². The molecule has 0 spiro atoms. The summed E-state index contributed by atoms with van der Waals surface area (Å²) < 4.78 is 57.0. The quantitative estimate of drug-likeness (QED) is 0.264. The van der Waals surface area contributed by atoms with Gasteiger partial charge in [0, 0.05) is 31.4 Å².